The van der Waals surface area contributed by atoms with Gasteiger partial charge in [-0.1, -0.05) is 30.0 Å². The minimum absolute atomic E-state index is 0.109. The van der Waals surface area contributed by atoms with E-state index in [4.69, 9.17) is 4.74 Å². The van der Waals surface area contributed by atoms with E-state index in [1.807, 2.05) is 25.1 Å². The maximum Gasteiger partial charge on any atom is 0.338 e. The highest BCUT2D eigenvalue weighted by Crippen LogP contribution is 2.29. The molecule has 1 aliphatic rings. The lowest BCUT2D eigenvalue weighted by Crippen LogP contribution is -2.45. The Kier molecular flexibility index (Phi) is 7.24. The molecule has 2 amide bonds. The molecule has 0 aromatic heterocycles. The number of thioether (sulfide) groups is 1. The summed E-state index contributed by atoms with van der Waals surface area (Å²) in [6.07, 6.45) is 0.109. The highest BCUT2D eigenvalue weighted by atomic mass is 32.2. The molecular formula is C22H23N3O4S. The second-order valence-corrected chi connectivity index (χ2v) is 7.64. The zero-order valence-corrected chi connectivity index (χ0v) is 17.6. The van der Waals surface area contributed by atoms with Crippen molar-refractivity contribution >= 4 is 46.1 Å². The van der Waals surface area contributed by atoms with Gasteiger partial charge in [-0.25, -0.2) is 9.79 Å². The molecule has 2 aromatic rings. The van der Waals surface area contributed by atoms with E-state index in [9.17, 15) is 14.4 Å². The number of carbonyl (C=O) groups excluding carboxylic acids is 3. The number of amidine groups is 1. The van der Waals surface area contributed by atoms with Gasteiger partial charge >= 0.3 is 5.97 Å². The van der Waals surface area contributed by atoms with Crippen LogP contribution in [0.2, 0.25) is 0 Å². The lowest BCUT2D eigenvalue weighted by atomic mass is 10.2. The van der Waals surface area contributed by atoms with Crippen molar-refractivity contribution in [3.63, 3.8) is 0 Å². The predicted molar refractivity (Wildman–Crippen MR) is 118 cm³/mol. The van der Waals surface area contributed by atoms with Gasteiger partial charge in [0.2, 0.25) is 11.8 Å². The number of para-hydroxylation sites is 1. The van der Waals surface area contributed by atoms with Crippen molar-refractivity contribution in [2.45, 2.75) is 25.5 Å². The summed E-state index contributed by atoms with van der Waals surface area (Å²) in [6.45, 7) is 4.37. The van der Waals surface area contributed by atoms with Crippen LogP contribution in [0, 0.1) is 0 Å². The smallest absolute Gasteiger partial charge is 0.338 e. The van der Waals surface area contributed by atoms with Crippen LogP contribution in [0.4, 0.5) is 11.4 Å². The van der Waals surface area contributed by atoms with Crippen LogP contribution in [0.15, 0.2) is 59.6 Å². The van der Waals surface area contributed by atoms with Gasteiger partial charge in [0.1, 0.15) is 5.25 Å². The molecule has 1 saturated heterocycles. The summed E-state index contributed by atoms with van der Waals surface area (Å²) in [6, 6.07) is 15.8. The molecule has 30 heavy (non-hydrogen) atoms. The van der Waals surface area contributed by atoms with Crippen LogP contribution in [0.1, 0.15) is 30.6 Å². The van der Waals surface area contributed by atoms with Gasteiger partial charge in [0.25, 0.3) is 0 Å². The number of aliphatic imine (C=N–C) groups is 1. The topological polar surface area (TPSA) is 88.1 Å². The number of hydrogen-bond acceptors (Lipinski definition) is 6. The van der Waals surface area contributed by atoms with Gasteiger partial charge in [-0.15, -0.1) is 0 Å². The third-order valence-electron chi connectivity index (χ3n) is 4.39. The second kappa shape index (κ2) is 10.1. The molecule has 0 unspecified atom stereocenters. The molecule has 156 valence electrons. The minimum Gasteiger partial charge on any atom is -0.462 e. The lowest BCUT2D eigenvalue weighted by molar-refractivity contribution is -0.129. The third-order valence-corrected chi connectivity index (χ3v) is 5.58. The Balaban J connectivity index is 1.78. The highest BCUT2D eigenvalue weighted by molar-refractivity contribution is 8.15. The zero-order valence-electron chi connectivity index (χ0n) is 16.8. The van der Waals surface area contributed by atoms with Crippen molar-refractivity contribution in [1.82, 2.24) is 4.90 Å². The van der Waals surface area contributed by atoms with Crippen molar-refractivity contribution in [3.8, 4) is 0 Å². The fourth-order valence-corrected chi connectivity index (χ4v) is 4.06. The van der Waals surface area contributed by atoms with Crippen molar-refractivity contribution in [3.05, 3.63) is 60.2 Å². The first kappa shape index (κ1) is 21.6. The molecule has 7 nitrogen and oxygen atoms in total. The first-order valence-corrected chi connectivity index (χ1v) is 10.6. The van der Waals surface area contributed by atoms with Crippen LogP contribution < -0.4 is 5.32 Å². The summed E-state index contributed by atoms with van der Waals surface area (Å²) >= 11 is 1.26. The Bertz CT molecular complexity index is 945. The van der Waals surface area contributed by atoms with E-state index in [-0.39, 0.29) is 18.2 Å². The monoisotopic (exact) mass is 425 g/mol. The summed E-state index contributed by atoms with van der Waals surface area (Å²) in [5, 5.41) is 2.74. The minimum atomic E-state index is -0.571. The number of rotatable bonds is 6. The summed E-state index contributed by atoms with van der Waals surface area (Å²) in [4.78, 5) is 43.2. The molecular weight excluding hydrogens is 402 g/mol. The van der Waals surface area contributed by atoms with Gasteiger partial charge in [0.15, 0.2) is 5.17 Å². The molecule has 0 bridgehead atoms. The number of hydrogen-bond donors (Lipinski definition) is 1. The summed E-state index contributed by atoms with van der Waals surface area (Å²) in [5.74, 6) is -0.779. The Morgan fingerprint density at radius 2 is 1.83 bits per heavy atom. The number of amides is 2. The number of benzene rings is 2. The first-order valence-electron chi connectivity index (χ1n) is 9.70. The summed E-state index contributed by atoms with van der Waals surface area (Å²) < 4.78 is 4.98. The number of esters is 1. The fourth-order valence-electron chi connectivity index (χ4n) is 2.89. The Morgan fingerprint density at radius 3 is 2.47 bits per heavy atom. The van der Waals surface area contributed by atoms with Crippen LogP contribution in [0.5, 0.6) is 0 Å². The maximum absolute atomic E-state index is 12.7. The van der Waals surface area contributed by atoms with Crippen molar-refractivity contribution in [2.75, 3.05) is 18.5 Å². The Labute approximate surface area is 179 Å². The van der Waals surface area contributed by atoms with Crippen LogP contribution in [-0.2, 0) is 14.3 Å². The highest BCUT2D eigenvalue weighted by Gasteiger charge is 2.35. The second-order valence-electron chi connectivity index (χ2n) is 6.47. The van der Waals surface area contributed by atoms with Gasteiger partial charge < -0.3 is 10.1 Å². The molecule has 1 N–H and O–H groups in total. The average Bonchev–Trinajstić information content (AvgIpc) is 2.75. The third kappa shape index (κ3) is 5.27. The summed E-state index contributed by atoms with van der Waals surface area (Å²) in [7, 11) is 0. The Hall–Kier alpha value is -3.13. The Morgan fingerprint density at radius 1 is 1.13 bits per heavy atom. The van der Waals surface area contributed by atoms with Gasteiger partial charge in [0, 0.05) is 18.7 Å². The van der Waals surface area contributed by atoms with Crippen molar-refractivity contribution in [1.29, 1.82) is 0 Å². The molecule has 3 rings (SSSR count). The van der Waals surface area contributed by atoms with Crippen molar-refractivity contribution in [2.24, 2.45) is 4.99 Å². The van der Waals surface area contributed by atoms with E-state index in [1.54, 1.807) is 48.2 Å². The SMILES string of the molecule is CCOC(=O)c1ccc(N=C2S[C@@H](C(=O)Nc3ccccc3)CC(=O)N2CC)cc1. The predicted octanol–water partition coefficient (Wildman–Crippen LogP) is 3.84. The molecule has 0 spiro atoms. The fraction of sp³-hybridized carbons (Fsp3) is 0.273. The number of carbonyl (C=O) groups is 3. The van der Waals surface area contributed by atoms with E-state index in [0.29, 0.717) is 35.3 Å². The molecule has 0 radical (unpaired) electrons. The standard InChI is InChI=1S/C22H23N3O4S/c1-3-25-19(26)14-18(20(27)23-16-8-6-5-7-9-16)30-22(25)24-17-12-10-15(11-13-17)21(28)29-4-2/h5-13,18H,3-4,14H2,1-2H3,(H,23,27)/t18-/m1/s1. The van der Waals surface area contributed by atoms with Crippen LogP contribution in [0.25, 0.3) is 0 Å². The van der Waals surface area contributed by atoms with Gasteiger partial charge in [-0.3, -0.25) is 14.5 Å². The number of ether oxygens (including phenoxy) is 1. The molecule has 0 aliphatic carbocycles. The number of nitrogens with one attached hydrogen (secondary N) is 1. The zero-order chi connectivity index (χ0) is 21.5. The quantitative estimate of drug-likeness (QED) is 0.711. The summed E-state index contributed by atoms with van der Waals surface area (Å²) in [5.41, 5.74) is 1.70. The molecule has 1 heterocycles. The first-order chi connectivity index (χ1) is 14.5. The van der Waals surface area contributed by atoms with Gasteiger partial charge in [0.05, 0.1) is 17.9 Å². The lowest BCUT2D eigenvalue weighted by Gasteiger charge is -2.30. The van der Waals surface area contributed by atoms with E-state index in [1.165, 1.54) is 11.8 Å². The number of nitrogens with zero attached hydrogens (tertiary/aromatic N) is 2. The number of anilines is 1. The van der Waals surface area contributed by atoms with E-state index < -0.39 is 11.2 Å². The maximum atomic E-state index is 12.7. The molecule has 1 aliphatic heterocycles. The molecule has 1 atom stereocenters. The van der Waals surface area contributed by atoms with E-state index in [2.05, 4.69) is 10.3 Å². The molecule has 8 heteroatoms. The molecule has 2 aromatic carbocycles. The van der Waals surface area contributed by atoms with E-state index >= 15 is 0 Å². The van der Waals surface area contributed by atoms with E-state index in [0.717, 1.165) is 0 Å². The largest absolute Gasteiger partial charge is 0.462 e. The molecule has 0 saturated carbocycles. The van der Waals surface area contributed by atoms with Crippen LogP contribution in [0.3, 0.4) is 0 Å². The van der Waals surface area contributed by atoms with Crippen LogP contribution in [-0.4, -0.2) is 46.3 Å². The average molecular weight is 426 g/mol. The molecule has 1 fully saturated rings. The van der Waals surface area contributed by atoms with Gasteiger partial charge in [-0.2, -0.15) is 0 Å². The van der Waals surface area contributed by atoms with Crippen molar-refractivity contribution < 1.29 is 19.1 Å². The van der Waals surface area contributed by atoms with Crippen LogP contribution >= 0.6 is 11.8 Å². The van der Waals surface area contributed by atoms with Gasteiger partial charge in [-0.05, 0) is 50.2 Å². The normalized spacial score (nSPS) is 17.7.